The van der Waals surface area contributed by atoms with Crippen molar-refractivity contribution in [3.05, 3.63) is 34.2 Å². The van der Waals surface area contributed by atoms with Gasteiger partial charge in [-0.1, -0.05) is 29.3 Å². The van der Waals surface area contributed by atoms with E-state index >= 15 is 0 Å². The fourth-order valence-corrected chi connectivity index (χ4v) is 1.92. The van der Waals surface area contributed by atoms with Crippen LogP contribution in [0.5, 0.6) is 0 Å². The van der Waals surface area contributed by atoms with Gasteiger partial charge in [-0.25, -0.2) is 15.0 Å². The molecule has 3 aromatic rings. The molecule has 0 aliphatic heterocycles. The quantitative estimate of drug-likeness (QED) is 0.618. The van der Waals surface area contributed by atoms with E-state index in [1.54, 1.807) is 0 Å². The molecule has 0 N–H and O–H groups in total. The summed E-state index contributed by atoms with van der Waals surface area (Å²) in [6.45, 7) is 1.97. The summed E-state index contributed by atoms with van der Waals surface area (Å²) in [6, 6.07) is 5.79. The van der Waals surface area contributed by atoms with Gasteiger partial charge in [0, 0.05) is 5.69 Å². The Bertz CT molecular complexity index is 705. The fraction of sp³-hybridized carbons (Fsp3) is 0.100. The Morgan fingerprint density at radius 1 is 1.06 bits per heavy atom. The minimum Gasteiger partial charge on any atom is -0.280 e. The lowest BCUT2D eigenvalue weighted by molar-refractivity contribution is 1.10. The molecule has 4 nitrogen and oxygen atoms in total. The Balaban J connectivity index is 2.58. The van der Waals surface area contributed by atoms with Crippen molar-refractivity contribution in [2.75, 3.05) is 0 Å². The first-order chi connectivity index (χ1) is 7.66. The third-order valence-corrected chi connectivity index (χ3v) is 3.00. The standard InChI is InChI=1S/C10H6Cl2N4/c1-5-3-2-4-6-13-9-10(16(5)6)15-8(12)7(11)14-9/h2-4H,1H3. The van der Waals surface area contributed by atoms with Crippen molar-refractivity contribution in [1.29, 1.82) is 0 Å². The summed E-state index contributed by atoms with van der Waals surface area (Å²) >= 11 is 11.7. The van der Waals surface area contributed by atoms with E-state index in [0.717, 1.165) is 11.3 Å². The minimum absolute atomic E-state index is 0.176. The zero-order chi connectivity index (χ0) is 11.3. The van der Waals surface area contributed by atoms with Crippen LogP contribution in [0.15, 0.2) is 18.2 Å². The second kappa shape index (κ2) is 3.30. The zero-order valence-electron chi connectivity index (χ0n) is 8.28. The van der Waals surface area contributed by atoms with Gasteiger partial charge in [0.25, 0.3) is 0 Å². The molecule has 80 valence electrons. The van der Waals surface area contributed by atoms with Gasteiger partial charge in [0.05, 0.1) is 0 Å². The molecular formula is C10H6Cl2N4. The second-order valence-corrected chi connectivity index (χ2v) is 4.14. The van der Waals surface area contributed by atoms with Gasteiger partial charge in [0.2, 0.25) is 0 Å². The van der Waals surface area contributed by atoms with Crippen LogP contribution >= 0.6 is 23.2 Å². The summed E-state index contributed by atoms with van der Waals surface area (Å²) < 4.78 is 1.89. The number of fused-ring (bicyclic) bond motifs is 3. The van der Waals surface area contributed by atoms with Crippen LogP contribution in [-0.2, 0) is 0 Å². The molecule has 3 aromatic heterocycles. The summed E-state index contributed by atoms with van der Waals surface area (Å²) in [6.07, 6.45) is 0. The van der Waals surface area contributed by atoms with E-state index in [1.165, 1.54) is 0 Å². The number of nitrogens with zero attached hydrogens (tertiary/aromatic N) is 4. The number of aryl methyl sites for hydroxylation is 1. The smallest absolute Gasteiger partial charge is 0.199 e. The van der Waals surface area contributed by atoms with Crippen molar-refractivity contribution in [1.82, 2.24) is 19.4 Å². The third kappa shape index (κ3) is 1.27. The summed E-state index contributed by atoms with van der Waals surface area (Å²) in [5, 5.41) is 0.370. The lowest BCUT2D eigenvalue weighted by Gasteiger charge is -1.99. The molecule has 0 amide bonds. The number of rotatable bonds is 0. The highest BCUT2D eigenvalue weighted by Gasteiger charge is 2.11. The highest BCUT2D eigenvalue weighted by Crippen LogP contribution is 2.22. The van der Waals surface area contributed by atoms with E-state index in [1.807, 2.05) is 29.5 Å². The zero-order valence-corrected chi connectivity index (χ0v) is 9.79. The van der Waals surface area contributed by atoms with Crippen LogP contribution in [0.1, 0.15) is 5.69 Å². The van der Waals surface area contributed by atoms with Crippen molar-refractivity contribution in [2.45, 2.75) is 6.92 Å². The molecule has 0 aliphatic carbocycles. The van der Waals surface area contributed by atoms with Gasteiger partial charge in [-0.05, 0) is 19.1 Å². The SMILES string of the molecule is Cc1cccc2nc3nc(Cl)c(Cl)nc3n12. The van der Waals surface area contributed by atoms with Crippen LogP contribution in [0.4, 0.5) is 0 Å². The fourth-order valence-electron chi connectivity index (χ4n) is 1.68. The number of hydrogen-bond acceptors (Lipinski definition) is 3. The molecule has 3 rings (SSSR count). The molecule has 0 unspecified atom stereocenters. The van der Waals surface area contributed by atoms with E-state index < -0.39 is 0 Å². The van der Waals surface area contributed by atoms with Crippen molar-refractivity contribution in [2.24, 2.45) is 0 Å². The van der Waals surface area contributed by atoms with Gasteiger partial charge in [-0.2, -0.15) is 0 Å². The largest absolute Gasteiger partial charge is 0.280 e. The van der Waals surface area contributed by atoms with Crippen molar-refractivity contribution < 1.29 is 0 Å². The average Bonchev–Trinajstić information content (AvgIpc) is 2.58. The Kier molecular flexibility index (Phi) is 2.02. The second-order valence-electron chi connectivity index (χ2n) is 3.43. The molecule has 6 heteroatoms. The Morgan fingerprint density at radius 3 is 2.62 bits per heavy atom. The number of imidazole rings is 1. The normalized spacial score (nSPS) is 11.4. The molecule has 3 heterocycles. The highest BCUT2D eigenvalue weighted by molar-refractivity contribution is 6.40. The Hall–Kier alpha value is -1.39. The van der Waals surface area contributed by atoms with Gasteiger partial charge in [-0.3, -0.25) is 4.40 Å². The van der Waals surface area contributed by atoms with Gasteiger partial charge in [0.15, 0.2) is 21.6 Å². The van der Waals surface area contributed by atoms with Crippen LogP contribution < -0.4 is 0 Å². The Morgan fingerprint density at radius 2 is 1.81 bits per heavy atom. The van der Waals surface area contributed by atoms with E-state index in [4.69, 9.17) is 23.2 Å². The first-order valence-corrected chi connectivity index (χ1v) is 5.39. The molecule has 0 fully saturated rings. The maximum Gasteiger partial charge on any atom is 0.199 e. The first-order valence-electron chi connectivity index (χ1n) is 4.63. The lowest BCUT2D eigenvalue weighted by Crippen LogP contribution is -1.92. The topological polar surface area (TPSA) is 43.1 Å². The number of aromatic nitrogens is 4. The molecule has 0 saturated carbocycles. The van der Waals surface area contributed by atoms with E-state index in [2.05, 4.69) is 15.0 Å². The van der Waals surface area contributed by atoms with Gasteiger partial charge in [0.1, 0.15) is 5.65 Å². The molecule has 0 saturated heterocycles. The summed E-state index contributed by atoms with van der Waals surface area (Å²) in [5.74, 6) is 0. The molecule has 16 heavy (non-hydrogen) atoms. The molecule has 0 bridgehead atoms. The molecule has 0 radical (unpaired) electrons. The highest BCUT2D eigenvalue weighted by atomic mass is 35.5. The molecule has 0 spiro atoms. The van der Waals surface area contributed by atoms with Crippen molar-refractivity contribution >= 4 is 40.1 Å². The minimum atomic E-state index is 0.176. The van der Waals surface area contributed by atoms with Crippen LogP contribution in [0.25, 0.3) is 16.9 Å². The van der Waals surface area contributed by atoms with Crippen LogP contribution in [0.2, 0.25) is 10.3 Å². The van der Waals surface area contributed by atoms with Crippen LogP contribution in [0.3, 0.4) is 0 Å². The van der Waals surface area contributed by atoms with Gasteiger partial charge >= 0.3 is 0 Å². The predicted octanol–water partition coefficient (Wildman–Crippen LogP) is 2.89. The van der Waals surface area contributed by atoms with Crippen LogP contribution in [-0.4, -0.2) is 19.4 Å². The maximum absolute atomic E-state index is 5.85. The summed E-state index contributed by atoms with van der Waals surface area (Å²) in [7, 11) is 0. The molecular weight excluding hydrogens is 247 g/mol. The first kappa shape index (κ1) is 9.81. The summed E-state index contributed by atoms with van der Waals surface area (Å²) in [5.41, 5.74) is 2.94. The van der Waals surface area contributed by atoms with E-state index in [-0.39, 0.29) is 10.3 Å². The number of pyridine rings is 1. The van der Waals surface area contributed by atoms with Crippen molar-refractivity contribution in [3.8, 4) is 0 Å². The van der Waals surface area contributed by atoms with Crippen LogP contribution in [0, 0.1) is 6.92 Å². The van der Waals surface area contributed by atoms with E-state index in [9.17, 15) is 0 Å². The Labute approximate surface area is 101 Å². The molecule has 0 aliphatic rings. The number of hydrogen-bond donors (Lipinski definition) is 0. The van der Waals surface area contributed by atoms with Crippen molar-refractivity contribution in [3.63, 3.8) is 0 Å². The van der Waals surface area contributed by atoms with Gasteiger partial charge in [-0.15, -0.1) is 0 Å². The average molecular weight is 253 g/mol. The van der Waals surface area contributed by atoms with E-state index in [0.29, 0.717) is 11.3 Å². The van der Waals surface area contributed by atoms with Gasteiger partial charge < -0.3 is 0 Å². The predicted molar refractivity (Wildman–Crippen MR) is 63.0 cm³/mol. The lowest BCUT2D eigenvalue weighted by atomic mass is 10.4. The molecule has 0 aromatic carbocycles. The monoisotopic (exact) mass is 252 g/mol. The molecule has 0 atom stereocenters. The maximum atomic E-state index is 5.85. The summed E-state index contributed by atoms with van der Waals surface area (Å²) in [4.78, 5) is 12.6. The third-order valence-electron chi connectivity index (χ3n) is 2.38. The number of halogens is 2.